The average Bonchev–Trinajstić information content (AvgIpc) is 2.49. The molecular weight excluding hydrogens is 329 g/mol. The Labute approximate surface area is 134 Å². The zero-order valence-electron chi connectivity index (χ0n) is 11.6. The molecule has 0 radical (unpaired) electrons. The van der Waals surface area contributed by atoms with Crippen LogP contribution in [-0.4, -0.2) is 5.11 Å². The Hall–Kier alpha value is -2.40. The molecule has 6 heteroatoms. The summed E-state index contributed by atoms with van der Waals surface area (Å²) in [5, 5.41) is 11.1. The normalized spacial score (nSPS) is 11.7. The lowest BCUT2D eigenvalue weighted by molar-refractivity contribution is -0.137. The molecule has 3 aromatic rings. The molecule has 118 valence electrons. The molecule has 0 heterocycles. The summed E-state index contributed by atoms with van der Waals surface area (Å²) in [6, 6.07) is 12.9. The van der Waals surface area contributed by atoms with E-state index in [1.165, 1.54) is 12.1 Å². The quantitative estimate of drug-likeness (QED) is 0.620. The highest BCUT2D eigenvalue weighted by Gasteiger charge is 2.31. The predicted octanol–water partition coefficient (Wildman–Crippen LogP) is 6.01. The van der Waals surface area contributed by atoms with Crippen LogP contribution in [0.4, 0.5) is 13.2 Å². The molecule has 0 aliphatic rings. The predicted molar refractivity (Wildman–Crippen MR) is 82.1 cm³/mol. The van der Waals surface area contributed by atoms with Crippen molar-refractivity contribution < 1.29 is 23.0 Å². The van der Waals surface area contributed by atoms with Crippen molar-refractivity contribution in [2.75, 3.05) is 0 Å². The van der Waals surface area contributed by atoms with E-state index in [1.54, 1.807) is 24.3 Å². The van der Waals surface area contributed by atoms with Gasteiger partial charge in [0.25, 0.3) is 0 Å². The third kappa shape index (κ3) is 3.19. The van der Waals surface area contributed by atoms with Crippen molar-refractivity contribution in [1.82, 2.24) is 0 Å². The molecule has 0 aliphatic carbocycles. The van der Waals surface area contributed by atoms with Crippen molar-refractivity contribution in [3.63, 3.8) is 0 Å². The number of phenols is 1. The minimum Gasteiger partial charge on any atom is -0.507 e. The van der Waals surface area contributed by atoms with Crippen LogP contribution in [0, 0.1) is 0 Å². The molecule has 2 nitrogen and oxygen atoms in total. The van der Waals surface area contributed by atoms with Gasteiger partial charge >= 0.3 is 6.18 Å². The molecule has 0 aliphatic heterocycles. The fraction of sp³-hybridized carbons (Fsp3) is 0.0588. The first kappa shape index (κ1) is 15.5. The standard InChI is InChI=1S/C17H10ClF3O2/c18-14-8-11(17(19,20)21)5-7-16(14)23-12-6-4-10-2-1-3-15(22)13(10)9-12/h1-9,22H. The summed E-state index contributed by atoms with van der Waals surface area (Å²) < 4.78 is 43.4. The molecule has 0 spiro atoms. The van der Waals surface area contributed by atoms with E-state index in [0.29, 0.717) is 11.1 Å². The maximum absolute atomic E-state index is 12.6. The number of benzene rings is 3. The first-order valence-electron chi connectivity index (χ1n) is 6.61. The summed E-state index contributed by atoms with van der Waals surface area (Å²) in [5.74, 6) is 0.557. The van der Waals surface area contributed by atoms with Gasteiger partial charge in [-0.15, -0.1) is 0 Å². The number of aromatic hydroxyl groups is 1. The van der Waals surface area contributed by atoms with Gasteiger partial charge in [0, 0.05) is 5.39 Å². The largest absolute Gasteiger partial charge is 0.507 e. The minimum atomic E-state index is -4.46. The van der Waals surface area contributed by atoms with Gasteiger partial charge in [0.2, 0.25) is 0 Å². The molecule has 0 saturated carbocycles. The Balaban J connectivity index is 1.94. The highest BCUT2D eigenvalue weighted by molar-refractivity contribution is 6.32. The SMILES string of the molecule is Oc1cccc2ccc(Oc3ccc(C(F)(F)F)cc3Cl)cc12. The number of phenolic OH excluding ortho intramolecular Hbond substituents is 1. The van der Waals surface area contributed by atoms with Crippen molar-refractivity contribution in [3.05, 3.63) is 65.2 Å². The summed E-state index contributed by atoms with van der Waals surface area (Å²) >= 11 is 5.86. The van der Waals surface area contributed by atoms with Gasteiger partial charge in [-0.3, -0.25) is 0 Å². The molecule has 3 rings (SSSR count). The summed E-state index contributed by atoms with van der Waals surface area (Å²) in [5.41, 5.74) is -0.842. The minimum absolute atomic E-state index is 0.0893. The molecule has 0 aromatic heterocycles. The highest BCUT2D eigenvalue weighted by Crippen LogP contribution is 2.37. The van der Waals surface area contributed by atoms with Crippen LogP contribution in [0.5, 0.6) is 17.2 Å². The van der Waals surface area contributed by atoms with E-state index in [0.717, 1.165) is 17.5 Å². The molecule has 3 aromatic carbocycles. The van der Waals surface area contributed by atoms with Crippen molar-refractivity contribution in [2.45, 2.75) is 6.18 Å². The van der Waals surface area contributed by atoms with Crippen LogP contribution in [-0.2, 0) is 6.18 Å². The van der Waals surface area contributed by atoms with Crippen LogP contribution in [0.1, 0.15) is 5.56 Å². The van der Waals surface area contributed by atoms with E-state index in [4.69, 9.17) is 16.3 Å². The van der Waals surface area contributed by atoms with Crippen LogP contribution in [0.25, 0.3) is 10.8 Å². The van der Waals surface area contributed by atoms with E-state index >= 15 is 0 Å². The number of alkyl halides is 3. The zero-order chi connectivity index (χ0) is 16.6. The second kappa shape index (κ2) is 5.66. The van der Waals surface area contributed by atoms with Gasteiger partial charge < -0.3 is 9.84 Å². The van der Waals surface area contributed by atoms with Gasteiger partial charge in [-0.05, 0) is 41.8 Å². The third-order valence-corrected chi connectivity index (χ3v) is 3.61. The third-order valence-electron chi connectivity index (χ3n) is 3.32. The molecule has 0 fully saturated rings. The maximum Gasteiger partial charge on any atom is 0.416 e. The first-order valence-corrected chi connectivity index (χ1v) is 6.99. The van der Waals surface area contributed by atoms with Crippen LogP contribution >= 0.6 is 11.6 Å². The summed E-state index contributed by atoms with van der Waals surface area (Å²) in [4.78, 5) is 0. The molecule has 0 saturated heterocycles. The van der Waals surface area contributed by atoms with E-state index in [9.17, 15) is 18.3 Å². The number of halogens is 4. The Kier molecular flexibility index (Phi) is 3.82. The number of rotatable bonds is 2. The van der Waals surface area contributed by atoms with Crippen molar-refractivity contribution in [1.29, 1.82) is 0 Å². The average molecular weight is 339 g/mol. The van der Waals surface area contributed by atoms with Crippen molar-refractivity contribution in [3.8, 4) is 17.2 Å². The van der Waals surface area contributed by atoms with Crippen LogP contribution < -0.4 is 4.74 Å². The van der Waals surface area contributed by atoms with Gasteiger partial charge in [-0.1, -0.05) is 29.8 Å². The lowest BCUT2D eigenvalue weighted by Crippen LogP contribution is -2.04. The Morgan fingerprint density at radius 2 is 1.74 bits per heavy atom. The number of fused-ring (bicyclic) bond motifs is 1. The zero-order valence-corrected chi connectivity index (χ0v) is 12.3. The smallest absolute Gasteiger partial charge is 0.416 e. The van der Waals surface area contributed by atoms with Crippen molar-refractivity contribution in [2.24, 2.45) is 0 Å². The molecule has 0 atom stereocenters. The monoisotopic (exact) mass is 338 g/mol. The summed E-state index contributed by atoms with van der Waals surface area (Å²) in [6.45, 7) is 0. The van der Waals surface area contributed by atoms with E-state index in [-0.39, 0.29) is 16.5 Å². The van der Waals surface area contributed by atoms with Gasteiger partial charge in [-0.25, -0.2) is 0 Å². The highest BCUT2D eigenvalue weighted by atomic mass is 35.5. The maximum atomic E-state index is 12.6. The Bertz CT molecular complexity index is 875. The van der Waals surface area contributed by atoms with Gasteiger partial charge in [-0.2, -0.15) is 13.2 Å². The second-order valence-corrected chi connectivity index (χ2v) is 5.31. The summed E-state index contributed by atoms with van der Waals surface area (Å²) in [7, 11) is 0. The molecule has 1 N–H and O–H groups in total. The number of hydrogen-bond donors (Lipinski definition) is 1. The van der Waals surface area contributed by atoms with Crippen LogP contribution in [0.15, 0.2) is 54.6 Å². The fourth-order valence-electron chi connectivity index (χ4n) is 2.19. The van der Waals surface area contributed by atoms with E-state index in [2.05, 4.69) is 0 Å². The number of ether oxygens (including phenoxy) is 1. The summed E-state index contributed by atoms with van der Waals surface area (Å²) in [6.07, 6.45) is -4.46. The van der Waals surface area contributed by atoms with E-state index in [1.807, 2.05) is 6.07 Å². The lowest BCUT2D eigenvalue weighted by atomic mass is 10.1. The number of hydrogen-bond acceptors (Lipinski definition) is 2. The fourth-order valence-corrected chi connectivity index (χ4v) is 2.40. The molecule has 0 unspecified atom stereocenters. The van der Waals surface area contributed by atoms with Gasteiger partial charge in [0.1, 0.15) is 17.2 Å². The molecular formula is C17H10ClF3O2. The second-order valence-electron chi connectivity index (χ2n) is 4.91. The first-order chi connectivity index (χ1) is 10.8. The van der Waals surface area contributed by atoms with Gasteiger partial charge in [0.05, 0.1) is 10.6 Å². The van der Waals surface area contributed by atoms with Crippen LogP contribution in [0.3, 0.4) is 0 Å². The van der Waals surface area contributed by atoms with Crippen LogP contribution in [0.2, 0.25) is 5.02 Å². The van der Waals surface area contributed by atoms with Gasteiger partial charge in [0.15, 0.2) is 0 Å². The topological polar surface area (TPSA) is 29.5 Å². The van der Waals surface area contributed by atoms with Crippen molar-refractivity contribution >= 4 is 22.4 Å². The molecule has 0 bridgehead atoms. The Morgan fingerprint density at radius 1 is 0.957 bits per heavy atom. The molecule has 0 amide bonds. The Morgan fingerprint density at radius 3 is 2.43 bits per heavy atom. The molecule has 23 heavy (non-hydrogen) atoms. The lowest BCUT2D eigenvalue weighted by Gasteiger charge is -2.12. The van der Waals surface area contributed by atoms with E-state index < -0.39 is 11.7 Å².